The van der Waals surface area contributed by atoms with Gasteiger partial charge in [0.15, 0.2) is 0 Å². The quantitative estimate of drug-likeness (QED) is 0.300. The van der Waals surface area contributed by atoms with Gasteiger partial charge in [0.25, 0.3) is 11.4 Å². The van der Waals surface area contributed by atoms with Crippen LogP contribution in [0, 0.1) is 20.2 Å². The van der Waals surface area contributed by atoms with Gasteiger partial charge in [-0.1, -0.05) is 48.5 Å². The molecule has 0 fully saturated rings. The summed E-state index contributed by atoms with van der Waals surface area (Å²) in [5.41, 5.74) is 2.55. The van der Waals surface area contributed by atoms with Gasteiger partial charge in [-0.15, -0.1) is 5.10 Å². The van der Waals surface area contributed by atoms with E-state index in [0.29, 0.717) is 11.8 Å². The highest BCUT2D eigenvalue weighted by atomic mass is 16.6. The Kier molecular flexibility index (Phi) is 4.32. The molecule has 3 aromatic carbocycles. The Morgan fingerprint density at radius 3 is 1.86 bits per heavy atom. The number of hydrogen-bond donors (Lipinski definition) is 0. The van der Waals surface area contributed by atoms with Crippen LogP contribution in [0.1, 0.15) is 16.7 Å². The fraction of sp³-hybridized carbons (Fsp3) is 0. The molecular weight excluding hydrogens is 376 g/mol. The molecule has 1 aliphatic carbocycles. The van der Waals surface area contributed by atoms with Gasteiger partial charge in [-0.25, -0.2) is 0 Å². The molecule has 0 bridgehead atoms. The smallest absolute Gasteiger partial charge is 0.276 e. The van der Waals surface area contributed by atoms with Crippen LogP contribution in [-0.2, 0) is 0 Å². The van der Waals surface area contributed by atoms with Crippen LogP contribution in [0.4, 0.5) is 11.4 Å². The van der Waals surface area contributed by atoms with Gasteiger partial charge in [-0.3, -0.25) is 20.2 Å². The molecule has 0 saturated heterocycles. The van der Waals surface area contributed by atoms with E-state index in [1.54, 1.807) is 0 Å². The molecule has 0 spiro atoms. The highest BCUT2D eigenvalue weighted by Crippen LogP contribution is 2.36. The molecule has 0 aromatic heterocycles. The molecule has 1 aliphatic rings. The Bertz CT molecular complexity index is 1190. The second-order valence-corrected chi connectivity index (χ2v) is 6.18. The van der Waals surface area contributed by atoms with E-state index in [1.165, 1.54) is 0 Å². The third-order valence-electron chi connectivity index (χ3n) is 4.50. The van der Waals surface area contributed by atoms with Gasteiger partial charge in [0, 0.05) is 22.8 Å². The minimum atomic E-state index is -0.961. The maximum Gasteiger partial charge on any atom is 0.276 e. The largest absolute Gasteiger partial charge is 0.867 e. The summed E-state index contributed by atoms with van der Waals surface area (Å²) in [4.78, 5) is 20.3. The SMILES string of the molecule is O=[N+]([O-])c1cc(/C=N/N=C2c3ccccc3-c3ccccc32)c([O-])c([N+](=O)[O-])c1. The lowest BCUT2D eigenvalue weighted by atomic mass is 10.1. The summed E-state index contributed by atoms with van der Waals surface area (Å²) in [5.74, 6) is -0.961. The van der Waals surface area contributed by atoms with E-state index < -0.39 is 27.0 Å². The number of non-ortho nitro benzene ring substituents is 1. The van der Waals surface area contributed by atoms with Gasteiger partial charge in [0.1, 0.15) is 5.71 Å². The van der Waals surface area contributed by atoms with Crippen molar-refractivity contribution in [3.63, 3.8) is 0 Å². The van der Waals surface area contributed by atoms with Crippen molar-refractivity contribution in [2.75, 3.05) is 0 Å². The van der Waals surface area contributed by atoms with Crippen LogP contribution in [-0.4, -0.2) is 21.8 Å². The zero-order valence-corrected chi connectivity index (χ0v) is 14.7. The summed E-state index contributed by atoms with van der Waals surface area (Å²) in [6, 6.07) is 16.8. The molecule has 0 radical (unpaired) electrons. The van der Waals surface area contributed by atoms with E-state index in [4.69, 9.17) is 0 Å². The summed E-state index contributed by atoms with van der Waals surface area (Å²) >= 11 is 0. The van der Waals surface area contributed by atoms with Gasteiger partial charge in [0.2, 0.25) is 0 Å². The molecule has 4 rings (SSSR count). The summed E-state index contributed by atoms with van der Waals surface area (Å²) in [5, 5.41) is 42.3. The molecule has 0 aliphatic heterocycles. The molecule has 0 heterocycles. The van der Waals surface area contributed by atoms with Crippen molar-refractivity contribution >= 4 is 23.3 Å². The number of fused-ring (bicyclic) bond motifs is 3. The maximum atomic E-state index is 12.2. The van der Waals surface area contributed by atoms with Gasteiger partial charge >= 0.3 is 0 Å². The lowest BCUT2D eigenvalue weighted by molar-refractivity contribution is -0.403. The zero-order valence-electron chi connectivity index (χ0n) is 14.7. The average molecular weight is 387 g/mol. The minimum Gasteiger partial charge on any atom is -0.867 e. The van der Waals surface area contributed by atoms with Gasteiger partial charge in [-0.2, -0.15) is 5.10 Å². The van der Waals surface area contributed by atoms with Gasteiger partial charge in [0.05, 0.1) is 22.1 Å². The zero-order chi connectivity index (χ0) is 20.5. The van der Waals surface area contributed by atoms with Crippen molar-refractivity contribution in [3.8, 4) is 16.9 Å². The second kappa shape index (κ2) is 6.97. The van der Waals surface area contributed by atoms with E-state index in [2.05, 4.69) is 10.2 Å². The monoisotopic (exact) mass is 387 g/mol. The molecule has 0 saturated carbocycles. The lowest BCUT2D eigenvalue weighted by Crippen LogP contribution is -2.04. The van der Waals surface area contributed by atoms with Crippen molar-refractivity contribution in [2.45, 2.75) is 0 Å². The number of nitro groups is 2. The van der Waals surface area contributed by atoms with E-state index in [9.17, 15) is 25.3 Å². The molecule has 142 valence electrons. The molecule has 9 heteroatoms. The van der Waals surface area contributed by atoms with Crippen molar-refractivity contribution in [1.82, 2.24) is 0 Å². The van der Waals surface area contributed by atoms with Crippen molar-refractivity contribution in [3.05, 3.63) is 97.6 Å². The minimum absolute atomic E-state index is 0.283. The normalized spacial score (nSPS) is 11.9. The molecule has 0 N–H and O–H groups in total. The molecule has 29 heavy (non-hydrogen) atoms. The Morgan fingerprint density at radius 1 is 0.793 bits per heavy atom. The lowest BCUT2D eigenvalue weighted by Gasteiger charge is -2.09. The summed E-state index contributed by atoms with van der Waals surface area (Å²) in [6.45, 7) is 0. The topological polar surface area (TPSA) is 134 Å². The first kappa shape index (κ1) is 18.0. The average Bonchev–Trinajstić information content (AvgIpc) is 3.03. The summed E-state index contributed by atoms with van der Waals surface area (Å²) < 4.78 is 0. The van der Waals surface area contributed by atoms with Crippen LogP contribution in [0.3, 0.4) is 0 Å². The molecule has 3 aromatic rings. The van der Waals surface area contributed by atoms with Crippen LogP contribution >= 0.6 is 0 Å². The molecule has 0 atom stereocenters. The molecular formula is C20H11N4O5-. The predicted molar refractivity (Wildman–Crippen MR) is 104 cm³/mol. The van der Waals surface area contributed by atoms with Crippen LogP contribution in [0.15, 0.2) is 70.9 Å². The van der Waals surface area contributed by atoms with Crippen molar-refractivity contribution < 1.29 is 15.0 Å². The first-order chi connectivity index (χ1) is 14.0. The van der Waals surface area contributed by atoms with E-state index >= 15 is 0 Å². The Morgan fingerprint density at radius 2 is 1.34 bits per heavy atom. The van der Waals surface area contributed by atoms with E-state index in [1.807, 2.05) is 48.5 Å². The Balaban J connectivity index is 1.79. The number of rotatable bonds is 4. The Hall–Kier alpha value is -4.40. The fourth-order valence-electron chi connectivity index (χ4n) is 3.21. The number of hydrogen-bond acceptors (Lipinski definition) is 7. The third-order valence-corrected chi connectivity index (χ3v) is 4.50. The summed E-state index contributed by atoms with van der Waals surface area (Å²) in [7, 11) is 0. The van der Waals surface area contributed by atoms with Crippen LogP contribution in [0.25, 0.3) is 11.1 Å². The third kappa shape index (κ3) is 3.10. The fourth-order valence-corrected chi connectivity index (χ4v) is 3.21. The van der Waals surface area contributed by atoms with Crippen LogP contribution in [0.2, 0.25) is 0 Å². The number of nitro benzene ring substituents is 2. The standard InChI is InChI=1S/C20H12N4O5/c25-20-12(9-13(23(26)27)10-18(20)24(28)29)11-21-22-19-16-7-3-1-5-14(16)15-6-2-4-8-17(15)19/h1-11,25H/p-1/b21-11+. The van der Waals surface area contributed by atoms with Crippen LogP contribution in [0.5, 0.6) is 5.75 Å². The van der Waals surface area contributed by atoms with Crippen molar-refractivity contribution in [2.24, 2.45) is 10.2 Å². The Labute approximate surface area is 163 Å². The first-order valence-corrected chi connectivity index (χ1v) is 8.41. The maximum absolute atomic E-state index is 12.2. The van der Waals surface area contributed by atoms with Crippen LogP contribution < -0.4 is 5.11 Å². The van der Waals surface area contributed by atoms with Gasteiger partial charge in [-0.05, 0) is 16.9 Å². The summed E-state index contributed by atoms with van der Waals surface area (Å²) in [6.07, 6.45) is 0.999. The molecule has 0 unspecified atom stereocenters. The van der Waals surface area contributed by atoms with E-state index in [-0.39, 0.29) is 5.56 Å². The predicted octanol–water partition coefficient (Wildman–Crippen LogP) is 3.43. The highest BCUT2D eigenvalue weighted by molar-refractivity contribution is 6.24. The van der Waals surface area contributed by atoms with Crippen molar-refractivity contribution in [1.29, 1.82) is 0 Å². The molecule has 0 amide bonds. The first-order valence-electron chi connectivity index (χ1n) is 8.41. The van der Waals surface area contributed by atoms with E-state index in [0.717, 1.165) is 34.5 Å². The molecule has 9 nitrogen and oxygen atoms in total. The number of benzene rings is 3. The second-order valence-electron chi connectivity index (χ2n) is 6.18. The highest BCUT2D eigenvalue weighted by Gasteiger charge is 2.24. The van der Waals surface area contributed by atoms with Gasteiger partial charge < -0.3 is 5.11 Å². The number of nitrogens with zero attached hydrogens (tertiary/aromatic N) is 4.